The zero-order valence-electron chi connectivity index (χ0n) is 10.0. The summed E-state index contributed by atoms with van der Waals surface area (Å²) in [5, 5.41) is 11.2. The van der Waals surface area contributed by atoms with E-state index in [1.165, 1.54) is 0 Å². The van der Waals surface area contributed by atoms with Crippen LogP contribution in [0.2, 0.25) is 0 Å². The van der Waals surface area contributed by atoms with Crippen LogP contribution in [0.5, 0.6) is 5.75 Å². The summed E-state index contributed by atoms with van der Waals surface area (Å²) >= 11 is 0. The largest absolute Gasteiger partial charge is 0.497 e. The first-order valence-electron chi connectivity index (χ1n) is 5.84. The molecule has 1 heterocycles. The molecule has 0 aliphatic heterocycles. The summed E-state index contributed by atoms with van der Waals surface area (Å²) in [6, 6.07) is 7.54. The van der Waals surface area contributed by atoms with Crippen molar-refractivity contribution in [3.8, 4) is 5.75 Å². The second-order valence-electron chi connectivity index (χ2n) is 4.63. The van der Waals surface area contributed by atoms with Crippen LogP contribution >= 0.6 is 0 Å². The molecule has 0 saturated heterocycles. The molecule has 3 rings (SSSR count). The Bertz CT molecular complexity index is 632. The van der Waals surface area contributed by atoms with Gasteiger partial charge in [0.1, 0.15) is 11.2 Å². The number of carboxylic acid groups (broad SMARTS) is 1. The predicted molar refractivity (Wildman–Crippen MR) is 66.8 cm³/mol. The van der Waals surface area contributed by atoms with Crippen LogP contribution in [-0.2, 0) is 10.2 Å². The Morgan fingerprint density at radius 3 is 2.78 bits per heavy atom. The van der Waals surface area contributed by atoms with E-state index in [0.29, 0.717) is 18.5 Å². The van der Waals surface area contributed by atoms with Gasteiger partial charge in [0.15, 0.2) is 0 Å². The van der Waals surface area contributed by atoms with Crippen LogP contribution in [0.25, 0.3) is 10.8 Å². The van der Waals surface area contributed by atoms with Gasteiger partial charge in [-0.05, 0) is 36.4 Å². The molecule has 0 radical (unpaired) electrons. The van der Waals surface area contributed by atoms with E-state index in [4.69, 9.17) is 4.74 Å². The molecule has 18 heavy (non-hydrogen) atoms. The molecule has 92 valence electrons. The van der Waals surface area contributed by atoms with Gasteiger partial charge < -0.3 is 9.84 Å². The van der Waals surface area contributed by atoms with Gasteiger partial charge in [-0.2, -0.15) is 0 Å². The Balaban J connectivity index is 2.26. The standard InChI is InChI=1S/C14H13NO3/c1-18-10-3-2-9-4-7-15-12(11(9)8-10)14(5-6-14)13(16)17/h2-4,7-8H,5-6H2,1H3,(H,16,17). The third-order valence-electron chi connectivity index (χ3n) is 3.59. The maximum Gasteiger partial charge on any atom is 0.315 e. The summed E-state index contributed by atoms with van der Waals surface area (Å²) in [5.74, 6) is -0.0664. The van der Waals surface area contributed by atoms with Crippen LogP contribution in [0, 0.1) is 0 Å². The molecule has 4 nitrogen and oxygen atoms in total. The van der Waals surface area contributed by atoms with E-state index in [9.17, 15) is 9.90 Å². The van der Waals surface area contributed by atoms with Gasteiger partial charge in [-0.3, -0.25) is 9.78 Å². The second-order valence-corrected chi connectivity index (χ2v) is 4.63. The van der Waals surface area contributed by atoms with Gasteiger partial charge in [-0.15, -0.1) is 0 Å². The first-order chi connectivity index (χ1) is 8.67. The molecule has 0 amide bonds. The number of fused-ring (bicyclic) bond motifs is 1. The van der Waals surface area contributed by atoms with E-state index in [0.717, 1.165) is 16.5 Å². The van der Waals surface area contributed by atoms with E-state index in [1.807, 2.05) is 24.3 Å². The number of hydrogen-bond donors (Lipinski definition) is 1. The molecule has 0 unspecified atom stereocenters. The van der Waals surface area contributed by atoms with Crippen molar-refractivity contribution >= 4 is 16.7 Å². The van der Waals surface area contributed by atoms with Gasteiger partial charge in [0.05, 0.1) is 12.8 Å². The van der Waals surface area contributed by atoms with Gasteiger partial charge in [-0.25, -0.2) is 0 Å². The van der Waals surface area contributed by atoms with Crippen LogP contribution in [0.1, 0.15) is 18.5 Å². The highest BCUT2D eigenvalue weighted by Crippen LogP contribution is 2.49. The molecule has 1 aromatic heterocycles. The number of carbonyl (C=O) groups is 1. The van der Waals surface area contributed by atoms with E-state index < -0.39 is 11.4 Å². The molecule has 0 spiro atoms. The lowest BCUT2D eigenvalue weighted by atomic mass is 9.96. The zero-order valence-corrected chi connectivity index (χ0v) is 10.0. The topological polar surface area (TPSA) is 59.4 Å². The van der Waals surface area contributed by atoms with Crippen LogP contribution in [-0.4, -0.2) is 23.2 Å². The monoisotopic (exact) mass is 243 g/mol. The lowest BCUT2D eigenvalue weighted by Crippen LogP contribution is -2.21. The summed E-state index contributed by atoms with van der Waals surface area (Å²) in [5.41, 5.74) is -0.127. The fraction of sp³-hybridized carbons (Fsp3) is 0.286. The quantitative estimate of drug-likeness (QED) is 0.899. The normalized spacial score (nSPS) is 16.5. The van der Waals surface area contributed by atoms with Crippen molar-refractivity contribution in [2.24, 2.45) is 0 Å². The third-order valence-corrected chi connectivity index (χ3v) is 3.59. The van der Waals surface area contributed by atoms with Crippen molar-refractivity contribution in [2.75, 3.05) is 7.11 Å². The zero-order chi connectivity index (χ0) is 12.8. The molecule has 4 heteroatoms. The molecular formula is C14H13NO3. The number of benzene rings is 1. The van der Waals surface area contributed by atoms with Crippen LogP contribution in [0.15, 0.2) is 30.5 Å². The highest BCUT2D eigenvalue weighted by Gasteiger charge is 2.53. The molecule has 1 fully saturated rings. The summed E-state index contributed by atoms with van der Waals surface area (Å²) in [6.45, 7) is 0. The summed E-state index contributed by atoms with van der Waals surface area (Å²) in [7, 11) is 1.60. The fourth-order valence-corrected chi connectivity index (χ4v) is 2.33. The van der Waals surface area contributed by atoms with Crippen molar-refractivity contribution in [1.29, 1.82) is 0 Å². The molecule has 2 aromatic rings. The number of aromatic nitrogens is 1. The van der Waals surface area contributed by atoms with Crippen molar-refractivity contribution in [3.05, 3.63) is 36.2 Å². The number of rotatable bonds is 3. The van der Waals surface area contributed by atoms with Crippen LogP contribution in [0.4, 0.5) is 0 Å². The second kappa shape index (κ2) is 3.70. The Labute approximate surface area is 104 Å². The molecule has 0 bridgehead atoms. The first-order valence-corrected chi connectivity index (χ1v) is 5.84. The molecule has 1 aliphatic rings. The summed E-state index contributed by atoms with van der Waals surface area (Å²) < 4.78 is 5.20. The average Bonchev–Trinajstić information content (AvgIpc) is 3.19. The van der Waals surface area contributed by atoms with E-state index in [-0.39, 0.29) is 0 Å². The highest BCUT2D eigenvalue weighted by molar-refractivity contribution is 5.94. The lowest BCUT2D eigenvalue weighted by molar-refractivity contribution is -0.140. The van der Waals surface area contributed by atoms with Crippen molar-refractivity contribution in [1.82, 2.24) is 4.98 Å². The summed E-state index contributed by atoms with van der Waals surface area (Å²) in [4.78, 5) is 15.7. The van der Waals surface area contributed by atoms with Gasteiger partial charge in [0, 0.05) is 11.6 Å². The minimum Gasteiger partial charge on any atom is -0.497 e. The number of aliphatic carboxylic acids is 1. The number of carboxylic acids is 1. The van der Waals surface area contributed by atoms with Gasteiger partial charge in [0.2, 0.25) is 0 Å². The minimum absolute atomic E-state index is 0.658. The molecule has 1 saturated carbocycles. The van der Waals surface area contributed by atoms with E-state index in [1.54, 1.807) is 13.3 Å². The van der Waals surface area contributed by atoms with Crippen molar-refractivity contribution in [2.45, 2.75) is 18.3 Å². The maximum atomic E-state index is 11.4. The van der Waals surface area contributed by atoms with Gasteiger partial charge >= 0.3 is 5.97 Å². The van der Waals surface area contributed by atoms with Gasteiger partial charge in [-0.1, -0.05) is 6.07 Å². The number of pyridine rings is 1. The van der Waals surface area contributed by atoms with Gasteiger partial charge in [0.25, 0.3) is 0 Å². The number of hydrogen-bond acceptors (Lipinski definition) is 3. The van der Waals surface area contributed by atoms with Crippen molar-refractivity contribution in [3.63, 3.8) is 0 Å². The number of nitrogens with zero attached hydrogens (tertiary/aromatic N) is 1. The van der Waals surface area contributed by atoms with Crippen LogP contribution < -0.4 is 4.74 Å². The number of ether oxygens (including phenoxy) is 1. The van der Waals surface area contributed by atoms with Crippen LogP contribution in [0.3, 0.4) is 0 Å². The third kappa shape index (κ3) is 1.45. The first kappa shape index (κ1) is 11.0. The molecule has 1 N–H and O–H groups in total. The highest BCUT2D eigenvalue weighted by atomic mass is 16.5. The Morgan fingerprint density at radius 1 is 1.39 bits per heavy atom. The molecule has 1 aliphatic carbocycles. The average molecular weight is 243 g/mol. The Morgan fingerprint density at radius 2 is 2.17 bits per heavy atom. The fourth-order valence-electron chi connectivity index (χ4n) is 2.33. The molecular weight excluding hydrogens is 230 g/mol. The SMILES string of the molecule is COc1ccc2ccnc(C3(C(=O)O)CC3)c2c1. The van der Waals surface area contributed by atoms with E-state index in [2.05, 4.69) is 4.98 Å². The Hall–Kier alpha value is -2.10. The lowest BCUT2D eigenvalue weighted by Gasteiger charge is -2.12. The number of methoxy groups -OCH3 is 1. The van der Waals surface area contributed by atoms with Crippen molar-refractivity contribution < 1.29 is 14.6 Å². The van der Waals surface area contributed by atoms with E-state index >= 15 is 0 Å². The summed E-state index contributed by atoms with van der Waals surface area (Å²) in [6.07, 6.45) is 2.99. The molecule has 0 atom stereocenters. The Kier molecular flexibility index (Phi) is 2.26. The maximum absolute atomic E-state index is 11.4. The molecule has 1 aromatic carbocycles. The minimum atomic E-state index is -0.787. The predicted octanol–water partition coefficient (Wildman–Crippen LogP) is 2.36. The smallest absolute Gasteiger partial charge is 0.315 e.